The Morgan fingerprint density at radius 1 is 1.47 bits per heavy atom. The fourth-order valence-electron chi connectivity index (χ4n) is 1.33. The van der Waals surface area contributed by atoms with Gasteiger partial charge in [0.2, 0.25) is 5.88 Å². The van der Waals surface area contributed by atoms with Crippen LogP contribution in [0.5, 0.6) is 5.88 Å². The highest BCUT2D eigenvalue weighted by atomic mass is 32.1. The van der Waals surface area contributed by atoms with Crippen LogP contribution in [0.3, 0.4) is 0 Å². The Morgan fingerprint density at radius 2 is 2.20 bits per heavy atom. The van der Waals surface area contributed by atoms with Gasteiger partial charge in [-0.25, -0.2) is 9.97 Å². The van der Waals surface area contributed by atoms with Crippen molar-refractivity contribution in [3.63, 3.8) is 0 Å². The third kappa shape index (κ3) is 2.86. The third-order valence-corrected chi connectivity index (χ3v) is 2.55. The molecule has 0 saturated heterocycles. The molecule has 1 heterocycles. The van der Waals surface area contributed by atoms with Crippen molar-refractivity contribution >= 4 is 17.2 Å². The number of nitrogens with two attached hydrogens (primary N) is 1. The predicted molar refractivity (Wildman–Crippen MR) is 60.8 cm³/mol. The highest BCUT2D eigenvalue weighted by molar-refractivity contribution is 7.80. The highest BCUT2D eigenvalue weighted by Gasteiger charge is 2.21. The Bertz CT molecular complexity index is 365. The Kier molecular flexibility index (Phi) is 3.11. The van der Waals surface area contributed by atoms with Crippen LogP contribution < -0.4 is 10.5 Å². The molecule has 1 saturated carbocycles. The first-order valence-electron chi connectivity index (χ1n) is 5.01. The lowest BCUT2D eigenvalue weighted by Crippen LogP contribution is -2.15. The second kappa shape index (κ2) is 4.53. The van der Waals surface area contributed by atoms with E-state index in [1.807, 2.05) is 0 Å². The summed E-state index contributed by atoms with van der Waals surface area (Å²) >= 11 is 4.86. The zero-order valence-electron chi connectivity index (χ0n) is 8.35. The SMILES string of the molecule is NC(=S)c1nccnc1OCCC1CC1. The summed E-state index contributed by atoms with van der Waals surface area (Å²) in [7, 11) is 0. The van der Waals surface area contributed by atoms with Crippen molar-refractivity contribution in [1.82, 2.24) is 9.97 Å². The normalized spacial score (nSPS) is 14.9. The quantitative estimate of drug-likeness (QED) is 0.762. The van der Waals surface area contributed by atoms with Gasteiger partial charge in [-0.1, -0.05) is 25.1 Å². The first-order valence-corrected chi connectivity index (χ1v) is 5.42. The number of aromatic nitrogens is 2. The van der Waals surface area contributed by atoms with Gasteiger partial charge in [0.15, 0.2) is 5.69 Å². The minimum atomic E-state index is 0.226. The summed E-state index contributed by atoms with van der Waals surface area (Å²) in [4.78, 5) is 8.33. The largest absolute Gasteiger partial charge is 0.476 e. The van der Waals surface area contributed by atoms with E-state index >= 15 is 0 Å². The maximum atomic E-state index is 5.51. The van der Waals surface area contributed by atoms with Crippen molar-refractivity contribution in [3.8, 4) is 5.88 Å². The molecule has 0 unspecified atom stereocenters. The number of ether oxygens (including phenoxy) is 1. The van der Waals surface area contributed by atoms with Gasteiger partial charge in [-0.2, -0.15) is 0 Å². The number of thiocarbonyl (C=S) groups is 1. The van der Waals surface area contributed by atoms with Crippen LogP contribution in [-0.4, -0.2) is 21.6 Å². The maximum absolute atomic E-state index is 5.51. The summed E-state index contributed by atoms with van der Waals surface area (Å²) in [5, 5.41) is 0. The lowest BCUT2D eigenvalue weighted by Gasteiger charge is -2.07. The van der Waals surface area contributed by atoms with Crippen molar-refractivity contribution < 1.29 is 4.74 Å². The first kappa shape index (κ1) is 10.3. The molecule has 2 N–H and O–H groups in total. The van der Waals surface area contributed by atoms with Gasteiger partial charge in [0.1, 0.15) is 4.99 Å². The summed E-state index contributed by atoms with van der Waals surface area (Å²) in [6.45, 7) is 0.666. The van der Waals surface area contributed by atoms with E-state index in [0.29, 0.717) is 18.2 Å². The summed E-state index contributed by atoms with van der Waals surface area (Å²) < 4.78 is 5.51. The molecule has 0 aliphatic heterocycles. The molecule has 0 spiro atoms. The van der Waals surface area contributed by atoms with Crippen LogP contribution in [0.1, 0.15) is 25.0 Å². The van der Waals surface area contributed by atoms with E-state index in [1.165, 1.54) is 12.8 Å². The molecule has 5 heteroatoms. The Labute approximate surface area is 93.9 Å². The Balaban J connectivity index is 1.95. The summed E-state index contributed by atoms with van der Waals surface area (Å²) in [5.74, 6) is 1.29. The van der Waals surface area contributed by atoms with Crippen molar-refractivity contribution in [2.24, 2.45) is 11.7 Å². The molecule has 15 heavy (non-hydrogen) atoms. The van der Waals surface area contributed by atoms with Gasteiger partial charge in [0.25, 0.3) is 0 Å². The standard InChI is InChI=1S/C10H13N3OS/c11-9(15)8-10(13-5-4-12-8)14-6-3-7-1-2-7/h4-5,7H,1-3,6H2,(H2,11,15). The molecule has 1 fully saturated rings. The van der Waals surface area contributed by atoms with E-state index in [4.69, 9.17) is 22.7 Å². The maximum Gasteiger partial charge on any atom is 0.243 e. The van der Waals surface area contributed by atoms with Crippen molar-refractivity contribution in [1.29, 1.82) is 0 Å². The molecule has 0 amide bonds. The number of hydrogen-bond donors (Lipinski definition) is 1. The van der Waals surface area contributed by atoms with E-state index in [9.17, 15) is 0 Å². The second-order valence-corrected chi connectivity index (χ2v) is 4.09. The zero-order chi connectivity index (χ0) is 10.7. The minimum Gasteiger partial charge on any atom is -0.476 e. The molecule has 1 aliphatic carbocycles. The van der Waals surface area contributed by atoms with Gasteiger partial charge in [-0.15, -0.1) is 0 Å². The van der Waals surface area contributed by atoms with Crippen LogP contribution in [0.25, 0.3) is 0 Å². The molecule has 0 bridgehead atoms. The van der Waals surface area contributed by atoms with Crippen LogP contribution in [0.2, 0.25) is 0 Å². The topological polar surface area (TPSA) is 61.0 Å². The third-order valence-electron chi connectivity index (χ3n) is 2.36. The van der Waals surface area contributed by atoms with Gasteiger partial charge in [0, 0.05) is 12.4 Å². The molecule has 0 radical (unpaired) electrons. The lowest BCUT2D eigenvalue weighted by molar-refractivity contribution is 0.289. The molecular weight excluding hydrogens is 210 g/mol. The Morgan fingerprint density at radius 3 is 2.87 bits per heavy atom. The fraction of sp³-hybridized carbons (Fsp3) is 0.500. The summed E-state index contributed by atoms with van der Waals surface area (Å²) in [6.07, 6.45) is 6.86. The van der Waals surface area contributed by atoms with E-state index in [0.717, 1.165) is 12.3 Å². The minimum absolute atomic E-state index is 0.226. The number of rotatable bonds is 5. The molecule has 1 aromatic rings. The van der Waals surface area contributed by atoms with Crippen LogP contribution in [-0.2, 0) is 0 Å². The summed E-state index contributed by atoms with van der Waals surface area (Å²) in [6, 6.07) is 0. The molecule has 2 rings (SSSR count). The first-order chi connectivity index (χ1) is 7.27. The molecule has 80 valence electrons. The molecule has 1 aromatic heterocycles. The van der Waals surface area contributed by atoms with Gasteiger partial charge in [-0.3, -0.25) is 0 Å². The number of nitrogens with zero attached hydrogens (tertiary/aromatic N) is 2. The molecular formula is C10H13N3OS. The van der Waals surface area contributed by atoms with E-state index in [-0.39, 0.29) is 4.99 Å². The second-order valence-electron chi connectivity index (χ2n) is 3.65. The fourth-order valence-corrected chi connectivity index (χ4v) is 1.47. The highest BCUT2D eigenvalue weighted by Crippen LogP contribution is 2.32. The smallest absolute Gasteiger partial charge is 0.243 e. The van der Waals surface area contributed by atoms with Crippen LogP contribution >= 0.6 is 12.2 Å². The average molecular weight is 223 g/mol. The van der Waals surface area contributed by atoms with Crippen molar-refractivity contribution in [2.75, 3.05) is 6.61 Å². The van der Waals surface area contributed by atoms with Gasteiger partial charge in [0.05, 0.1) is 6.61 Å². The zero-order valence-corrected chi connectivity index (χ0v) is 9.17. The van der Waals surface area contributed by atoms with Crippen molar-refractivity contribution in [2.45, 2.75) is 19.3 Å². The van der Waals surface area contributed by atoms with Crippen LogP contribution in [0.15, 0.2) is 12.4 Å². The van der Waals surface area contributed by atoms with E-state index in [2.05, 4.69) is 9.97 Å². The van der Waals surface area contributed by atoms with Crippen molar-refractivity contribution in [3.05, 3.63) is 18.1 Å². The van der Waals surface area contributed by atoms with E-state index < -0.39 is 0 Å². The van der Waals surface area contributed by atoms with Gasteiger partial charge >= 0.3 is 0 Å². The average Bonchev–Trinajstić information content (AvgIpc) is 3.02. The molecule has 4 nitrogen and oxygen atoms in total. The van der Waals surface area contributed by atoms with Gasteiger partial charge in [-0.05, 0) is 12.3 Å². The number of hydrogen-bond acceptors (Lipinski definition) is 4. The molecule has 0 atom stereocenters. The van der Waals surface area contributed by atoms with Gasteiger partial charge < -0.3 is 10.5 Å². The predicted octanol–water partition coefficient (Wildman–Crippen LogP) is 1.29. The van der Waals surface area contributed by atoms with Crippen LogP contribution in [0, 0.1) is 5.92 Å². The van der Waals surface area contributed by atoms with Crippen LogP contribution in [0.4, 0.5) is 0 Å². The molecule has 0 aromatic carbocycles. The summed E-state index contributed by atoms with van der Waals surface area (Å²) in [5.41, 5.74) is 5.98. The Hall–Kier alpha value is -1.23. The lowest BCUT2D eigenvalue weighted by atomic mass is 10.3. The van der Waals surface area contributed by atoms with E-state index in [1.54, 1.807) is 12.4 Å². The monoisotopic (exact) mass is 223 g/mol. The molecule has 1 aliphatic rings.